The molecular formula is C15H13F7N2O2S. The van der Waals surface area contributed by atoms with Gasteiger partial charge in [0.15, 0.2) is 10.8 Å². The molecule has 4 nitrogen and oxygen atoms in total. The summed E-state index contributed by atoms with van der Waals surface area (Å²) >= 11 is -0.547. The van der Waals surface area contributed by atoms with Gasteiger partial charge in [-0.3, -0.25) is 9.79 Å². The van der Waals surface area contributed by atoms with E-state index in [1.807, 2.05) is 0 Å². The van der Waals surface area contributed by atoms with Crippen LogP contribution in [-0.4, -0.2) is 38.9 Å². The molecular weight excluding hydrogens is 405 g/mol. The molecule has 1 aromatic carbocycles. The van der Waals surface area contributed by atoms with Crippen LogP contribution in [0, 0.1) is 5.82 Å². The average molecular weight is 418 g/mol. The molecule has 1 aliphatic rings. The second-order valence-corrected chi connectivity index (χ2v) is 7.17. The highest BCUT2D eigenvalue weighted by Gasteiger charge is 2.80. The van der Waals surface area contributed by atoms with E-state index in [4.69, 9.17) is 0 Å². The Kier molecular flexibility index (Phi) is 5.30. The maximum Gasteiger partial charge on any atom is 0.419 e. The monoisotopic (exact) mass is 418 g/mol. The maximum absolute atomic E-state index is 13.5. The molecule has 1 amide bonds. The predicted molar refractivity (Wildman–Crippen MR) is 83.4 cm³/mol. The fourth-order valence-electron chi connectivity index (χ4n) is 2.43. The molecule has 0 aliphatic carbocycles. The summed E-state index contributed by atoms with van der Waals surface area (Å²) in [5, 5.41) is 10.6. The Morgan fingerprint density at radius 3 is 2.11 bits per heavy atom. The Morgan fingerprint density at radius 1 is 1.15 bits per heavy atom. The number of aliphatic imine (C=N–C) groups is 1. The van der Waals surface area contributed by atoms with Gasteiger partial charge < -0.3 is 10.4 Å². The highest BCUT2D eigenvalue weighted by molar-refractivity contribution is 8.16. The van der Waals surface area contributed by atoms with Gasteiger partial charge in [0, 0.05) is 0 Å². The number of amides is 1. The van der Waals surface area contributed by atoms with Crippen molar-refractivity contribution < 1.29 is 40.6 Å². The van der Waals surface area contributed by atoms with Gasteiger partial charge in [-0.2, -0.15) is 26.3 Å². The van der Waals surface area contributed by atoms with E-state index in [1.54, 1.807) is 5.32 Å². The minimum Gasteiger partial charge on any atom is -0.379 e. The molecule has 27 heavy (non-hydrogen) atoms. The van der Waals surface area contributed by atoms with Gasteiger partial charge in [0.25, 0.3) is 5.91 Å². The highest BCUT2D eigenvalue weighted by Crippen LogP contribution is 2.56. The third kappa shape index (κ3) is 3.51. The molecule has 1 heterocycles. The summed E-state index contributed by atoms with van der Waals surface area (Å²) in [6.07, 6.45) is -11.5. The fourth-order valence-corrected chi connectivity index (χ4v) is 3.65. The van der Waals surface area contributed by atoms with Crippen LogP contribution in [0.15, 0.2) is 29.3 Å². The van der Waals surface area contributed by atoms with Crippen LogP contribution in [0.25, 0.3) is 0 Å². The largest absolute Gasteiger partial charge is 0.419 e. The lowest BCUT2D eigenvalue weighted by atomic mass is 9.86. The summed E-state index contributed by atoms with van der Waals surface area (Å²) < 4.78 is 88.6. The molecule has 1 aromatic rings. The summed E-state index contributed by atoms with van der Waals surface area (Å²) in [5.74, 6) is -2.65. The van der Waals surface area contributed by atoms with Crippen LogP contribution < -0.4 is 5.32 Å². The van der Waals surface area contributed by atoms with Gasteiger partial charge >= 0.3 is 12.4 Å². The zero-order chi connectivity index (χ0) is 20.8. The number of nitrogens with one attached hydrogen (secondary N) is 1. The van der Waals surface area contributed by atoms with Crippen molar-refractivity contribution in [2.45, 2.75) is 42.6 Å². The van der Waals surface area contributed by atoms with E-state index in [2.05, 4.69) is 4.99 Å². The Labute approximate surface area is 152 Å². The van der Waals surface area contributed by atoms with Gasteiger partial charge in [-0.1, -0.05) is 23.9 Å². The van der Waals surface area contributed by atoms with E-state index in [0.29, 0.717) is 5.56 Å². The summed E-state index contributed by atoms with van der Waals surface area (Å²) in [6, 6.07) is 3.82. The van der Waals surface area contributed by atoms with E-state index in [9.17, 15) is 40.6 Å². The molecule has 1 aliphatic heterocycles. The molecule has 0 aromatic heterocycles. The van der Waals surface area contributed by atoms with Gasteiger partial charge in [-0.25, -0.2) is 4.39 Å². The van der Waals surface area contributed by atoms with Crippen LogP contribution in [0.4, 0.5) is 30.7 Å². The number of thioether (sulfide) groups is 1. The van der Waals surface area contributed by atoms with Crippen LogP contribution in [0.2, 0.25) is 0 Å². The van der Waals surface area contributed by atoms with Crippen molar-refractivity contribution in [2.24, 2.45) is 4.99 Å². The van der Waals surface area contributed by atoms with Crippen LogP contribution in [0.1, 0.15) is 25.5 Å². The Hall–Kier alpha value is -1.82. The lowest BCUT2D eigenvalue weighted by Gasteiger charge is -2.40. The van der Waals surface area contributed by atoms with Gasteiger partial charge in [0.2, 0.25) is 4.75 Å². The van der Waals surface area contributed by atoms with Gasteiger partial charge in [-0.05, 0) is 31.5 Å². The predicted octanol–water partition coefficient (Wildman–Crippen LogP) is 3.72. The van der Waals surface area contributed by atoms with Crippen molar-refractivity contribution >= 4 is 22.8 Å². The number of halogens is 7. The van der Waals surface area contributed by atoms with Crippen molar-refractivity contribution in [3.05, 3.63) is 35.6 Å². The van der Waals surface area contributed by atoms with Crippen molar-refractivity contribution in [3.63, 3.8) is 0 Å². The van der Waals surface area contributed by atoms with Crippen molar-refractivity contribution in [1.29, 1.82) is 0 Å². The molecule has 0 bridgehead atoms. The zero-order valence-corrected chi connectivity index (χ0v) is 14.6. The molecule has 1 saturated heterocycles. The maximum atomic E-state index is 13.5. The number of amidine groups is 1. The Bertz CT molecular complexity index is 759. The second kappa shape index (κ2) is 6.66. The van der Waals surface area contributed by atoms with E-state index in [-0.39, 0.29) is 6.92 Å². The van der Waals surface area contributed by atoms with Gasteiger partial charge in [-0.15, -0.1) is 0 Å². The van der Waals surface area contributed by atoms with Crippen molar-refractivity contribution in [3.8, 4) is 0 Å². The van der Waals surface area contributed by atoms with Crippen molar-refractivity contribution in [2.75, 3.05) is 0 Å². The first-order valence-corrected chi connectivity index (χ1v) is 8.14. The fraction of sp³-hybridized carbons (Fsp3) is 0.467. The number of benzene rings is 1. The second-order valence-electron chi connectivity index (χ2n) is 5.97. The van der Waals surface area contributed by atoms with Crippen molar-refractivity contribution in [1.82, 2.24) is 5.32 Å². The van der Waals surface area contributed by atoms with E-state index >= 15 is 0 Å². The first-order valence-electron chi connectivity index (χ1n) is 7.33. The quantitative estimate of drug-likeness (QED) is 0.736. The third-order valence-electron chi connectivity index (χ3n) is 4.09. The topological polar surface area (TPSA) is 61.7 Å². The molecule has 0 saturated carbocycles. The van der Waals surface area contributed by atoms with E-state index < -0.39 is 57.4 Å². The summed E-state index contributed by atoms with van der Waals surface area (Å²) in [5.41, 5.74) is -4.06. The molecule has 0 spiro atoms. The van der Waals surface area contributed by atoms with Crippen LogP contribution >= 0.6 is 11.8 Å². The first kappa shape index (κ1) is 21.5. The van der Waals surface area contributed by atoms with Gasteiger partial charge in [0.1, 0.15) is 5.82 Å². The smallest absolute Gasteiger partial charge is 0.379 e. The third-order valence-corrected chi connectivity index (χ3v) is 5.61. The average Bonchev–Trinajstić information content (AvgIpc) is 2.84. The highest BCUT2D eigenvalue weighted by atomic mass is 32.2. The molecule has 150 valence electrons. The Morgan fingerprint density at radius 2 is 1.67 bits per heavy atom. The van der Waals surface area contributed by atoms with E-state index in [0.717, 1.165) is 12.1 Å². The number of aliphatic hydroxyl groups is 1. The molecule has 2 N–H and O–H groups in total. The minimum absolute atomic E-state index is 0.112. The lowest BCUT2D eigenvalue weighted by molar-refractivity contribution is -0.299. The Balaban J connectivity index is 2.46. The number of carbonyl (C=O) groups is 1. The zero-order valence-electron chi connectivity index (χ0n) is 13.7. The van der Waals surface area contributed by atoms with Crippen LogP contribution in [-0.2, 0) is 4.79 Å². The number of nitrogens with zero attached hydrogens (tertiary/aromatic N) is 1. The summed E-state index contributed by atoms with van der Waals surface area (Å²) in [7, 11) is 0. The van der Waals surface area contributed by atoms with Crippen LogP contribution in [0.5, 0.6) is 0 Å². The molecule has 0 radical (unpaired) electrons. The first-order chi connectivity index (χ1) is 12.1. The molecule has 3 atom stereocenters. The normalized spacial score (nSPS) is 26.0. The number of carbonyl (C=O) groups excluding carboxylic acids is 1. The van der Waals surface area contributed by atoms with Crippen LogP contribution in [0.3, 0.4) is 0 Å². The standard InChI is InChI=1S/C15H13F7N2O2S/c1-7(8-3-5-9(16)6-4-8)23-11-24-10(25)13(27-11,15(20,21)22)12(2,26)14(17,18)19/h3-7,26H,1-2H3,(H,23,24,25)/t7-,12?,13+/m0/s1. The SMILES string of the molecule is C[C@H](N=C1NC(=O)[C@](C(F)(F)F)(C(C)(O)C(F)(F)F)S1)c1ccc(F)cc1. The van der Waals surface area contributed by atoms with E-state index in [1.165, 1.54) is 19.1 Å². The molecule has 12 heteroatoms. The molecule has 1 unspecified atom stereocenters. The number of hydrogen-bond acceptors (Lipinski definition) is 4. The summed E-state index contributed by atoms with van der Waals surface area (Å²) in [4.78, 5) is 15.7. The number of rotatable bonds is 3. The number of hydrogen-bond donors (Lipinski definition) is 2. The number of alkyl halides is 6. The van der Waals surface area contributed by atoms with Gasteiger partial charge in [0.05, 0.1) is 6.04 Å². The molecule has 2 rings (SSSR count). The lowest BCUT2D eigenvalue weighted by Crippen LogP contribution is -2.69. The minimum atomic E-state index is -5.75. The molecule has 1 fully saturated rings. The summed E-state index contributed by atoms with van der Waals surface area (Å²) in [6.45, 7) is 1.28.